The van der Waals surface area contributed by atoms with Gasteiger partial charge in [0, 0.05) is 34.2 Å². The molecule has 0 spiro atoms. The molecule has 0 unspecified atom stereocenters. The summed E-state index contributed by atoms with van der Waals surface area (Å²) < 4.78 is 13.1. The normalized spacial score (nSPS) is 15.7. The van der Waals surface area contributed by atoms with Crippen LogP contribution in [0.15, 0.2) is 213 Å². The number of aliphatic imine (C=N–C) groups is 3. The lowest BCUT2D eigenvalue weighted by atomic mass is 10.0. The third-order valence-corrected chi connectivity index (χ3v) is 14.2. The summed E-state index contributed by atoms with van der Waals surface area (Å²) in [6.45, 7) is 2.01. The van der Waals surface area contributed by atoms with Crippen molar-refractivity contribution in [2.75, 3.05) is 17.3 Å². The lowest BCUT2D eigenvalue weighted by molar-refractivity contribution is -0.111. The molecule has 0 bridgehead atoms. The number of nitrogens with one attached hydrogen (secondary N) is 4. The number of carbonyl (C=O) groups excluding carboxylic acids is 3. The van der Waals surface area contributed by atoms with Crippen LogP contribution in [0, 0.1) is 0 Å². The minimum absolute atomic E-state index is 0.0315. The minimum atomic E-state index is -0.145. The van der Waals surface area contributed by atoms with Crippen LogP contribution in [0.1, 0.15) is 49.9 Å². The predicted molar refractivity (Wildman–Crippen MR) is 309 cm³/mol. The van der Waals surface area contributed by atoms with Crippen LogP contribution in [-0.4, -0.2) is 57.2 Å². The van der Waals surface area contributed by atoms with Crippen molar-refractivity contribution in [1.29, 1.82) is 0 Å². The average molecular weight is 1030 g/mol. The molecule has 0 saturated carbocycles. The zero-order valence-electron chi connectivity index (χ0n) is 42.0. The van der Waals surface area contributed by atoms with E-state index >= 15 is 0 Å². The molecule has 11 aromatic rings. The summed E-state index contributed by atoms with van der Waals surface area (Å²) in [5.41, 5.74) is 20.8. The molecule has 0 radical (unpaired) electrons. The Kier molecular flexibility index (Phi) is 11.2. The van der Waals surface area contributed by atoms with Crippen LogP contribution >= 0.6 is 0 Å². The molecule has 15 nitrogen and oxygen atoms in total. The number of para-hydroxylation sites is 2. The van der Waals surface area contributed by atoms with Crippen molar-refractivity contribution in [1.82, 2.24) is 20.6 Å². The van der Waals surface area contributed by atoms with Gasteiger partial charge in [-0.15, -0.1) is 0 Å². The number of ether oxygens (including phenoxy) is 1. The van der Waals surface area contributed by atoms with Gasteiger partial charge in [-0.2, -0.15) is 5.10 Å². The maximum Gasteiger partial charge on any atom is 0.257 e. The molecule has 1 aliphatic carbocycles. The van der Waals surface area contributed by atoms with Gasteiger partial charge in [0.2, 0.25) is 5.78 Å². The molecule has 79 heavy (non-hydrogen) atoms. The van der Waals surface area contributed by atoms with Crippen LogP contribution in [-0.2, 0) is 11.2 Å². The number of hydrazone groups is 1. The Morgan fingerprint density at radius 2 is 1.16 bits per heavy atom. The van der Waals surface area contributed by atoms with Crippen LogP contribution < -0.4 is 26.1 Å². The summed E-state index contributed by atoms with van der Waals surface area (Å²) in [5.74, 6) is 2.37. The maximum absolute atomic E-state index is 12.0. The molecule has 6 heterocycles. The van der Waals surface area contributed by atoms with Crippen molar-refractivity contribution in [2.24, 2.45) is 20.1 Å². The van der Waals surface area contributed by atoms with Gasteiger partial charge in [0.05, 0.1) is 61.7 Å². The van der Waals surface area contributed by atoms with Crippen LogP contribution in [0.2, 0.25) is 0 Å². The summed E-state index contributed by atoms with van der Waals surface area (Å²) in [4.78, 5) is 58.1. The molecular weight excluding hydrogens is 989 g/mol. The quantitative estimate of drug-likeness (QED) is 0.0979. The lowest BCUT2D eigenvalue weighted by Gasteiger charge is -2.24. The predicted octanol–water partition coefficient (Wildman–Crippen LogP) is 12.9. The molecule has 16 rings (SSSR count). The van der Waals surface area contributed by atoms with Crippen LogP contribution in [0.3, 0.4) is 0 Å². The molecule has 15 heteroatoms. The lowest BCUT2D eigenvalue weighted by Crippen LogP contribution is -2.21. The van der Waals surface area contributed by atoms with E-state index in [1.165, 1.54) is 22.3 Å². The Morgan fingerprint density at radius 3 is 1.86 bits per heavy atom. The van der Waals surface area contributed by atoms with Gasteiger partial charge in [-0.1, -0.05) is 103 Å². The third-order valence-electron chi connectivity index (χ3n) is 14.2. The Labute approximate surface area is 450 Å². The standard InChI is InChI=1S/C31H17N3O2.C22H14N4O2.C11H11N3O/c1-2-6-18-16(5-1)13-17-9-10-22-30(28(17)18)35-26-14-25-27(15-24(26)33-22)36-31-23(34-25)12-11-21-29(31)19-7-3-4-8-20(19)32-21;27-21-17-7-3-1-5-15(17)19(25-21)23-13-9-11-14(12-10-13)24-20-16-6-2-4-8-18(16)22(28)26-20;1-8-11(10(15)7-12-8)14-13-9-5-3-2-4-6-9/h1-12,14-15,33H,13H2;1-12H,(H,23,25,27)(H,24,26,28);2-6,13H,7H2,1H3. The summed E-state index contributed by atoms with van der Waals surface area (Å²) in [6, 6.07) is 60.4. The number of carbonyl (C=O) groups is 3. The van der Waals surface area contributed by atoms with Crippen molar-refractivity contribution >= 4 is 113 Å². The second-order valence-electron chi connectivity index (χ2n) is 19.2. The number of hydrogen-bond acceptors (Lipinski definition) is 13. The maximum atomic E-state index is 12.0. The first-order valence-electron chi connectivity index (χ1n) is 25.5. The number of aromatic nitrogens is 2. The first-order valence-corrected chi connectivity index (χ1v) is 25.5. The van der Waals surface area contributed by atoms with Gasteiger partial charge in [-0.3, -0.25) is 24.8 Å². The molecular formula is C64H42N10O5. The van der Waals surface area contributed by atoms with Crippen LogP contribution in [0.5, 0.6) is 11.5 Å². The van der Waals surface area contributed by atoms with Crippen molar-refractivity contribution in [3.8, 4) is 22.6 Å². The van der Waals surface area contributed by atoms with E-state index in [1.807, 2.05) is 133 Å². The van der Waals surface area contributed by atoms with E-state index in [-0.39, 0.29) is 24.1 Å². The fourth-order valence-corrected chi connectivity index (χ4v) is 10.4. The number of hydrogen-bond donors (Lipinski definition) is 4. The largest absolute Gasteiger partial charge is 0.452 e. The number of benzene rings is 9. The molecule has 0 saturated heterocycles. The SMILES string of the molecule is CC1=NCC(=O)C1=NNc1ccccc1.O=C1NC(=Nc2ccc(N=C3NC(=O)c4ccccc43)cc2)c2ccccc21.c1ccc2c(c1)Cc1ccc3c(c1-2)Oc1cc2nc4ccc5nc6ccccc6c5c4oc2cc1N3. The highest BCUT2D eigenvalue weighted by molar-refractivity contribution is 6.69. The molecule has 0 fully saturated rings. The van der Waals surface area contributed by atoms with Gasteiger partial charge in [0.15, 0.2) is 22.7 Å². The molecule has 5 aliphatic rings. The highest BCUT2D eigenvalue weighted by Crippen LogP contribution is 2.52. The Morgan fingerprint density at radius 1 is 0.544 bits per heavy atom. The van der Waals surface area contributed by atoms with Crippen LogP contribution in [0.4, 0.5) is 28.4 Å². The van der Waals surface area contributed by atoms with E-state index in [9.17, 15) is 14.4 Å². The number of amidine groups is 2. The van der Waals surface area contributed by atoms with Crippen LogP contribution in [0.25, 0.3) is 55.1 Å². The van der Waals surface area contributed by atoms with Crippen molar-refractivity contribution in [3.63, 3.8) is 0 Å². The average Bonchev–Trinajstić information content (AvgIpc) is 4.32. The number of Topliss-reactive ketones (excluding diaryl/α,β-unsaturated/α-hetero) is 1. The van der Waals surface area contributed by atoms with Crippen molar-refractivity contribution in [3.05, 3.63) is 221 Å². The number of ketones is 1. The molecule has 4 N–H and O–H groups in total. The Balaban J connectivity index is 0.000000117. The zero-order chi connectivity index (χ0) is 53.1. The molecule has 2 amide bonds. The third kappa shape index (κ3) is 8.47. The van der Waals surface area contributed by atoms with E-state index in [4.69, 9.17) is 19.1 Å². The Bertz CT molecular complexity index is 4450. The topological polar surface area (TPSA) is 197 Å². The summed E-state index contributed by atoms with van der Waals surface area (Å²) in [5, 5.41) is 15.3. The fraction of sp³-hybridized carbons (Fsp3) is 0.0469. The summed E-state index contributed by atoms with van der Waals surface area (Å²) >= 11 is 0. The second-order valence-corrected chi connectivity index (χ2v) is 19.2. The molecule has 9 aromatic carbocycles. The van der Waals surface area contributed by atoms with E-state index < -0.39 is 0 Å². The fourth-order valence-electron chi connectivity index (χ4n) is 10.4. The van der Waals surface area contributed by atoms with E-state index in [0.29, 0.717) is 51.2 Å². The number of rotatable bonds is 4. The number of nitrogens with zero attached hydrogens (tertiary/aromatic N) is 6. The molecule has 2 aromatic heterocycles. The van der Waals surface area contributed by atoms with E-state index in [2.05, 4.69) is 83.9 Å². The molecule has 4 aliphatic heterocycles. The first-order chi connectivity index (χ1) is 38.8. The van der Waals surface area contributed by atoms with Crippen molar-refractivity contribution < 1.29 is 23.5 Å². The first kappa shape index (κ1) is 46.6. The number of amides is 2. The zero-order valence-corrected chi connectivity index (χ0v) is 42.0. The van der Waals surface area contributed by atoms with Gasteiger partial charge in [-0.25, -0.2) is 20.0 Å². The minimum Gasteiger partial charge on any atom is -0.452 e. The second kappa shape index (κ2) is 19.0. The van der Waals surface area contributed by atoms with Gasteiger partial charge < -0.3 is 25.1 Å². The highest BCUT2D eigenvalue weighted by atomic mass is 16.5. The molecule has 0 atom stereocenters. The number of fused-ring (bicyclic) bond motifs is 14. The monoisotopic (exact) mass is 1030 g/mol. The summed E-state index contributed by atoms with van der Waals surface area (Å²) in [6.07, 6.45) is 0.929. The van der Waals surface area contributed by atoms with E-state index in [0.717, 1.165) is 84.5 Å². The smallest absolute Gasteiger partial charge is 0.257 e. The van der Waals surface area contributed by atoms with Gasteiger partial charge >= 0.3 is 0 Å². The van der Waals surface area contributed by atoms with Gasteiger partial charge in [0.1, 0.15) is 35.0 Å². The highest BCUT2D eigenvalue weighted by Gasteiger charge is 2.30. The van der Waals surface area contributed by atoms with E-state index in [1.54, 1.807) is 19.1 Å². The summed E-state index contributed by atoms with van der Waals surface area (Å²) in [7, 11) is 0. The van der Waals surface area contributed by atoms with Gasteiger partial charge in [-0.05, 0) is 103 Å². The Hall–Kier alpha value is -10.9. The molecule has 378 valence electrons. The van der Waals surface area contributed by atoms with Gasteiger partial charge in [0.25, 0.3) is 11.8 Å². The number of anilines is 3. The van der Waals surface area contributed by atoms with Crippen molar-refractivity contribution in [2.45, 2.75) is 13.3 Å².